The Balaban J connectivity index is 1.55. The average Bonchev–Trinajstić information content (AvgIpc) is 2.98. The number of Topliss-reactive ketones (excluding diaryl/α,β-unsaturated/α-hetero) is 1. The fourth-order valence-electron chi connectivity index (χ4n) is 4.80. The molecule has 0 radical (unpaired) electrons. The minimum Gasteiger partial charge on any atom is -0.491 e. The van der Waals surface area contributed by atoms with Crippen molar-refractivity contribution in [3.05, 3.63) is 99.2 Å². The molecule has 2 N–H and O–H groups in total. The van der Waals surface area contributed by atoms with Gasteiger partial charge in [0.05, 0.1) is 33.6 Å². The second kappa shape index (κ2) is 9.36. The number of carbonyl (C=O) groups excluding carboxylic acids is 1. The van der Waals surface area contributed by atoms with Crippen LogP contribution in [-0.4, -0.2) is 11.9 Å². The Bertz CT molecular complexity index is 1270. The smallest absolute Gasteiger partial charge is 0.163 e. The SMILES string of the molecule is CC(C)Oc1ccc(C2CC(=O)C3=C(C2)Nc2ccccc2NC3c2cccc(Cl)c2Cl)cc1. The number of hydrogen-bond acceptors (Lipinski definition) is 4. The molecule has 4 nitrogen and oxygen atoms in total. The van der Waals surface area contributed by atoms with E-state index in [1.807, 2.05) is 62.4 Å². The zero-order chi connectivity index (χ0) is 23.8. The van der Waals surface area contributed by atoms with Gasteiger partial charge in [0, 0.05) is 17.7 Å². The van der Waals surface area contributed by atoms with Crippen LogP contribution in [0.3, 0.4) is 0 Å². The number of fused-ring (bicyclic) bond motifs is 1. The van der Waals surface area contributed by atoms with Gasteiger partial charge in [0.2, 0.25) is 0 Å². The number of para-hydroxylation sites is 2. The fourth-order valence-corrected chi connectivity index (χ4v) is 5.21. The maximum absolute atomic E-state index is 13.7. The summed E-state index contributed by atoms with van der Waals surface area (Å²) in [6.07, 6.45) is 1.26. The average molecular weight is 493 g/mol. The van der Waals surface area contributed by atoms with Gasteiger partial charge in [-0.1, -0.05) is 59.6 Å². The summed E-state index contributed by atoms with van der Waals surface area (Å²) in [5, 5.41) is 8.04. The van der Waals surface area contributed by atoms with Crippen molar-refractivity contribution in [2.45, 2.75) is 44.8 Å². The van der Waals surface area contributed by atoms with Crippen LogP contribution in [-0.2, 0) is 4.79 Å². The molecule has 0 spiro atoms. The van der Waals surface area contributed by atoms with E-state index in [0.717, 1.165) is 45.9 Å². The summed E-state index contributed by atoms with van der Waals surface area (Å²) in [5.74, 6) is 1.01. The fraction of sp³-hybridized carbons (Fsp3) is 0.250. The minimum absolute atomic E-state index is 0.0765. The topological polar surface area (TPSA) is 50.4 Å². The molecule has 174 valence electrons. The Hall–Kier alpha value is -2.95. The Morgan fingerprint density at radius 2 is 1.65 bits per heavy atom. The maximum Gasteiger partial charge on any atom is 0.163 e. The molecule has 0 saturated heterocycles. The van der Waals surface area contributed by atoms with Gasteiger partial charge in [0.1, 0.15) is 5.75 Å². The summed E-state index contributed by atoms with van der Waals surface area (Å²) in [6, 6.07) is 21.2. The Labute approximate surface area is 209 Å². The normalized spacial score (nSPS) is 19.6. The van der Waals surface area contributed by atoms with E-state index in [-0.39, 0.29) is 17.8 Å². The number of rotatable bonds is 4. The maximum atomic E-state index is 13.7. The van der Waals surface area contributed by atoms with Crippen LogP contribution in [0.4, 0.5) is 11.4 Å². The molecule has 6 heteroatoms. The predicted molar refractivity (Wildman–Crippen MR) is 139 cm³/mol. The van der Waals surface area contributed by atoms with E-state index in [1.54, 1.807) is 6.07 Å². The summed E-state index contributed by atoms with van der Waals surface area (Å²) >= 11 is 13.0. The first-order valence-corrected chi connectivity index (χ1v) is 12.3. The van der Waals surface area contributed by atoms with E-state index in [1.165, 1.54) is 0 Å². The lowest BCUT2D eigenvalue weighted by atomic mass is 9.78. The number of benzene rings is 3. The highest BCUT2D eigenvalue weighted by Gasteiger charge is 2.36. The number of carbonyl (C=O) groups is 1. The number of ketones is 1. The van der Waals surface area contributed by atoms with Crippen LogP contribution in [0.1, 0.15) is 49.8 Å². The summed E-state index contributed by atoms with van der Waals surface area (Å²) in [6.45, 7) is 4.02. The highest BCUT2D eigenvalue weighted by molar-refractivity contribution is 6.42. The molecule has 3 aromatic rings. The molecule has 1 heterocycles. The van der Waals surface area contributed by atoms with E-state index >= 15 is 0 Å². The monoisotopic (exact) mass is 492 g/mol. The Morgan fingerprint density at radius 1 is 0.912 bits per heavy atom. The van der Waals surface area contributed by atoms with E-state index in [2.05, 4.69) is 22.8 Å². The zero-order valence-electron chi connectivity index (χ0n) is 19.1. The van der Waals surface area contributed by atoms with Gasteiger partial charge in [0.25, 0.3) is 0 Å². The zero-order valence-corrected chi connectivity index (χ0v) is 20.6. The Kier molecular flexibility index (Phi) is 6.28. The van der Waals surface area contributed by atoms with Crippen molar-refractivity contribution in [1.82, 2.24) is 0 Å². The summed E-state index contributed by atoms with van der Waals surface area (Å²) in [4.78, 5) is 13.7. The highest BCUT2D eigenvalue weighted by atomic mass is 35.5. The van der Waals surface area contributed by atoms with Crippen molar-refractivity contribution < 1.29 is 9.53 Å². The molecule has 3 aromatic carbocycles. The first-order chi connectivity index (χ1) is 16.4. The van der Waals surface area contributed by atoms with Crippen LogP contribution in [0.25, 0.3) is 0 Å². The van der Waals surface area contributed by atoms with Crippen molar-refractivity contribution in [3.63, 3.8) is 0 Å². The molecule has 1 aliphatic carbocycles. The first kappa shape index (κ1) is 22.8. The van der Waals surface area contributed by atoms with Crippen LogP contribution in [0.5, 0.6) is 5.75 Å². The third-order valence-electron chi connectivity index (χ3n) is 6.32. The number of anilines is 2. The number of nitrogens with one attached hydrogen (secondary N) is 2. The van der Waals surface area contributed by atoms with E-state index in [9.17, 15) is 4.79 Å². The molecule has 0 amide bonds. The molecule has 34 heavy (non-hydrogen) atoms. The largest absolute Gasteiger partial charge is 0.491 e. The molecule has 0 aromatic heterocycles. The second-order valence-electron chi connectivity index (χ2n) is 9.05. The highest BCUT2D eigenvalue weighted by Crippen LogP contribution is 2.46. The van der Waals surface area contributed by atoms with Crippen molar-refractivity contribution in [2.24, 2.45) is 0 Å². The molecular formula is C28H26Cl2N2O2. The third kappa shape index (κ3) is 4.40. The van der Waals surface area contributed by atoms with Crippen molar-refractivity contribution in [2.75, 3.05) is 10.6 Å². The molecule has 1 aliphatic heterocycles. The van der Waals surface area contributed by atoms with Gasteiger partial charge in [-0.3, -0.25) is 4.79 Å². The van der Waals surface area contributed by atoms with E-state index in [0.29, 0.717) is 16.5 Å². The number of hydrogen-bond donors (Lipinski definition) is 2. The molecule has 0 saturated carbocycles. The quantitative estimate of drug-likeness (QED) is 0.390. The second-order valence-corrected chi connectivity index (χ2v) is 9.83. The molecule has 5 rings (SSSR count). The third-order valence-corrected chi connectivity index (χ3v) is 7.16. The van der Waals surface area contributed by atoms with Crippen LogP contribution in [0, 0.1) is 0 Å². The standard InChI is InChI=1S/C28H26Cl2N2O2/c1-16(2)34-19-12-10-17(11-13-19)18-14-24-26(25(33)15-18)28(20-6-5-7-21(29)27(20)30)32-23-9-4-3-8-22(23)31-24/h3-13,16,18,28,31-32H,14-15H2,1-2H3. The molecule has 2 aliphatic rings. The molecule has 0 bridgehead atoms. The lowest BCUT2D eigenvalue weighted by molar-refractivity contribution is -0.116. The summed E-state index contributed by atoms with van der Waals surface area (Å²) < 4.78 is 5.78. The minimum atomic E-state index is -0.396. The predicted octanol–water partition coefficient (Wildman–Crippen LogP) is 7.76. The Morgan fingerprint density at radius 3 is 2.38 bits per heavy atom. The van der Waals surface area contributed by atoms with Crippen LogP contribution in [0.2, 0.25) is 10.0 Å². The molecular weight excluding hydrogens is 467 g/mol. The number of ether oxygens (including phenoxy) is 1. The lowest BCUT2D eigenvalue weighted by Gasteiger charge is -2.30. The van der Waals surface area contributed by atoms with Gasteiger partial charge >= 0.3 is 0 Å². The molecule has 2 unspecified atom stereocenters. The number of halogens is 2. The van der Waals surface area contributed by atoms with Gasteiger partial charge in [-0.05, 0) is 67.6 Å². The van der Waals surface area contributed by atoms with E-state index in [4.69, 9.17) is 27.9 Å². The van der Waals surface area contributed by atoms with Gasteiger partial charge in [-0.25, -0.2) is 0 Å². The summed E-state index contributed by atoms with van der Waals surface area (Å²) in [5.41, 5.74) is 5.41. The summed E-state index contributed by atoms with van der Waals surface area (Å²) in [7, 11) is 0. The first-order valence-electron chi connectivity index (χ1n) is 11.5. The van der Waals surface area contributed by atoms with Gasteiger partial charge in [0.15, 0.2) is 5.78 Å². The lowest BCUT2D eigenvalue weighted by Crippen LogP contribution is -2.27. The van der Waals surface area contributed by atoms with Crippen molar-refractivity contribution >= 4 is 40.4 Å². The molecule has 0 fully saturated rings. The van der Waals surface area contributed by atoms with Crippen molar-refractivity contribution in [1.29, 1.82) is 0 Å². The molecule has 2 atom stereocenters. The van der Waals surface area contributed by atoms with Crippen LogP contribution in [0.15, 0.2) is 78.0 Å². The van der Waals surface area contributed by atoms with Crippen LogP contribution < -0.4 is 15.4 Å². The van der Waals surface area contributed by atoms with Gasteiger partial charge in [-0.2, -0.15) is 0 Å². The van der Waals surface area contributed by atoms with Crippen molar-refractivity contribution in [3.8, 4) is 5.75 Å². The number of allylic oxidation sites excluding steroid dienone is 1. The van der Waals surface area contributed by atoms with Gasteiger partial charge in [-0.15, -0.1) is 0 Å². The van der Waals surface area contributed by atoms with E-state index < -0.39 is 6.04 Å². The van der Waals surface area contributed by atoms with Crippen LogP contribution >= 0.6 is 23.2 Å². The van der Waals surface area contributed by atoms with Gasteiger partial charge < -0.3 is 15.4 Å².